The number of hydrogen-bond acceptors (Lipinski definition) is 4. The number of aromatic nitrogens is 3. The molecule has 0 unspecified atom stereocenters. The summed E-state index contributed by atoms with van der Waals surface area (Å²) in [6.45, 7) is 3.26. The molecule has 1 aromatic heterocycles. The van der Waals surface area contributed by atoms with Gasteiger partial charge in [0.2, 0.25) is 11.7 Å². The fraction of sp³-hybridized carbons (Fsp3) is 0.700. The highest BCUT2D eigenvalue weighted by Gasteiger charge is 2.40. The second kappa shape index (κ2) is 4.19. The van der Waals surface area contributed by atoms with Gasteiger partial charge in [0.25, 0.3) is 0 Å². The molecule has 2 rings (SSSR count). The molecule has 2 N–H and O–H groups in total. The highest BCUT2D eigenvalue weighted by Crippen LogP contribution is 2.29. The smallest absolute Gasteiger partial charge is 0.332 e. The van der Waals surface area contributed by atoms with Gasteiger partial charge >= 0.3 is 6.18 Å². The Hall–Kier alpha value is -1.64. The Morgan fingerprint density at radius 2 is 1.89 bits per heavy atom. The third-order valence-electron chi connectivity index (χ3n) is 2.85. The van der Waals surface area contributed by atoms with E-state index in [4.69, 9.17) is 5.73 Å². The summed E-state index contributed by atoms with van der Waals surface area (Å²) in [5.41, 5.74) is 4.63. The maximum atomic E-state index is 12.6. The normalized spacial score (nSPS) is 16.4. The van der Waals surface area contributed by atoms with E-state index >= 15 is 0 Å². The zero-order valence-corrected chi connectivity index (χ0v) is 10.5. The van der Waals surface area contributed by atoms with Crippen molar-refractivity contribution in [3.63, 3.8) is 0 Å². The van der Waals surface area contributed by atoms with E-state index in [9.17, 15) is 18.0 Å². The largest absolute Gasteiger partial charge is 0.451 e. The summed E-state index contributed by atoms with van der Waals surface area (Å²) < 4.78 is 38.9. The number of carbonyl (C=O) groups excluding carboxylic acids is 1. The van der Waals surface area contributed by atoms with E-state index in [0.29, 0.717) is 0 Å². The van der Waals surface area contributed by atoms with Gasteiger partial charge in [-0.15, -0.1) is 10.2 Å². The van der Waals surface area contributed by atoms with Gasteiger partial charge in [-0.1, -0.05) is 0 Å². The van der Waals surface area contributed by atoms with Crippen LogP contribution in [-0.2, 0) is 24.1 Å². The van der Waals surface area contributed by atoms with Gasteiger partial charge in [0.1, 0.15) is 0 Å². The zero-order valence-electron chi connectivity index (χ0n) is 10.5. The second-order valence-electron chi connectivity index (χ2n) is 5.04. The number of nitrogens with two attached hydrogens (primary N) is 1. The summed E-state index contributed by atoms with van der Waals surface area (Å²) in [5.74, 6) is -1.23. The summed E-state index contributed by atoms with van der Waals surface area (Å²) in [5, 5.41) is 6.64. The highest BCUT2D eigenvalue weighted by atomic mass is 19.4. The summed E-state index contributed by atoms with van der Waals surface area (Å²) in [6.07, 6.45) is -4.54. The molecule has 1 aliphatic heterocycles. The van der Waals surface area contributed by atoms with Crippen molar-refractivity contribution in [1.82, 2.24) is 19.7 Å². The van der Waals surface area contributed by atoms with Crippen LogP contribution in [0.25, 0.3) is 0 Å². The number of amides is 1. The molecule has 1 aromatic rings. The number of nitrogens with zero attached hydrogens (tertiary/aromatic N) is 4. The summed E-state index contributed by atoms with van der Waals surface area (Å²) in [6, 6.07) is 0. The van der Waals surface area contributed by atoms with E-state index in [2.05, 4.69) is 10.2 Å². The predicted molar refractivity (Wildman–Crippen MR) is 58.7 cm³/mol. The molecule has 0 saturated carbocycles. The molecule has 6 nitrogen and oxygen atoms in total. The number of halogens is 3. The number of fused-ring (bicyclic) bond motifs is 1. The fourth-order valence-electron chi connectivity index (χ4n) is 1.95. The van der Waals surface area contributed by atoms with Crippen molar-refractivity contribution in [3.05, 3.63) is 11.6 Å². The van der Waals surface area contributed by atoms with Crippen molar-refractivity contribution < 1.29 is 18.0 Å². The average Bonchev–Trinajstić information content (AvgIpc) is 2.68. The Morgan fingerprint density at radius 3 is 2.42 bits per heavy atom. The van der Waals surface area contributed by atoms with Gasteiger partial charge in [-0.2, -0.15) is 13.2 Å². The number of rotatable bonds is 1. The minimum absolute atomic E-state index is 0.0114. The first-order valence-electron chi connectivity index (χ1n) is 5.68. The van der Waals surface area contributed by atoms with Crippen molar-refractivity contribution >= 4 is 5.91 Å². The van der Waals surface area contributed by atoms with E-state index in [1.54, 1.807) is 13.8 Å². The minimum Gasteiger partial charge on any atom is -0.332 e. The molecule has 9 heteroatoms. The minimum atomic E-state index is -4.54. The molecular formula is C10H14F3N5O. The first-order chi connectivity index (χ1) is 8.60. The van der Waals surface area contributed by atoms with Crippen LogP contribution in [0.2, 0.25) is 0 Å². The molecule has 106 valence electrons. The van der Waals surface area contributed by atoms with Crippen molar-refractivity contribution in [3.8, 4) is 0 Å². The molecule has 0 aromatic carbocycles. The molecule has 1 amide bonds. The molecule has 0 spiro atoms. The van der Waals surface area contributed by atoms with Gasteiger partial charge in [0.05, 0.1) is 12.1 Å². The lowest BCUT2D eigenvalue weighted by Crippen LogP contribution is -2.53. The van der Waals surface area contributed by atoms with Gasteiger partial charge in [0.15, 0.2) is 5.82 Å². The monoisotopic (exact) mass is 277 g/mol. The molecule has 0 aliphatic carbocycles. The van der Waals surface area contributed by atoms with Gasteiger partial charge in [-0.25, -0.2) is 0 Å². The molecule has 0 saturated heterocycles. The Labute approximate surface area is 107 Å². The van der Waals surface area contributed by atoms with E-state index in [0.717, 1.165) is 4.57 Å². The summed E-state index contributed by atoms with van der Waals surface area (Å²) in [4.78, 5) is 13.3. The zero-order chi connectivity index (χ0) is 14.4. The number of alkyl halides is 3. The van der Waals surface area contributed by atoms with Crippen LogP contribution in [0.15, 0.2) is 0 Å². The van der Waals surface area contributed by atoms with Crippen LogP contribution < -0.4 is 5.73 Å². The van der Waals surface area contributed by atoms with E-state index < -0.39 is 17.5 Å². The molecular weight excluding hydrogens is 263 g/mol. The molecule has 0 fully saturated rings. The first kappa shape index (κ1) is 13.8. The van der Waals surface area contributed by atoms with Crippen LogP contribution in [0, 0.1) is 0 Å². The summed E-state index contributed by atoms with van der Waals surface area (Å²) >= 11 is 0. The second-order valence-corrected chi connectivity index (χ2v) is 5.04. The Kier molecular flexibility index (Phi) is 3.04. The lowest BCUT2D eigenvalue weighted by atomic mass is 10.1. The molecule has 1 aliphatic rings. The predicted octanol–water partition coefficient (Wildman–Crippen LogP) is 0.376. The number of hydrogen-bond donors (Lipinski definition) is 1. The van der Waals surface area contributed by atoms with Crippen molar-refractivity contribution in [1.29, 1.82) is 0 Å². The van der Waals surface area contributed by atoms with Crippen LogP contribution in [0.4, 0.5) is 13.2 Å². The molecule has 0 bridgehead atoms. The lowest BCUT2D eigenvalue weighted by Gasteiger charge is -2.32. The van der Waals surface area contributed by atoms with Crippen LogP contribution in [-0.4, -0.2) is 37.7 Å². The first-order valence-corrected chi connectivity index (χ1v) is 5.68. The van der Waals surface area contributed by atoms with Crippen LogP contribution in [0.1, 0.15) is 25.5 Å². The molecule has 19 heavy (non-hydrogen) atoms. The van der Waals surface area contributed by atoms with Crippen LogP contribution >= 0.6 is 0 Å². The van der Waals surface area contributed by atoms with E-state index in [1.807, 2.05) is 0 Å². The third-order valence-corrected chi connectivity index (χ3v) is 2.85. The third kappa shape index (κ3) is 2.55. The van der Waals surface area contributed by atoms with E-state index in [-0.39, 0.29) is 31.4 Å². The molecule has 0 atom stereocenters. The van der Waals surface area contributed by atoms with E-state index in [1.165, 1.54) is 4.90 Å². The maximum Gasteiger partial charge on any atom is 0.451 e. The molecule has 2 heterocycles. The Morgan fingerprint density at radius 1 is 1.26 bits per heavy atom. The highest BCUT2D eigenvalue weighted by molar-refractivity contribution is 5.85. The van der Waals surface area contributed by atoms with Crippen molar-refractivity contribution in [2.45, 2.75) is 38.7 Å². The topological polar surface area (TPSA) is 77.0 Å². The van der Waals surface area contributed by atoms with Crippen molar-refractivity contribution in [2.24, 2.45) is 5.73 Å². The van der Waals surface area contributed by atoms with Gasteiger partial charge in [-0.3, -0.25) is 4.79 Å². The SMILES string of the molecule is CC(C)(N)C(=O)N1CCn2c(nnc2C(F)(F)F)C1. The standard InChI is InChI=1S/C10H14F3N5O/c1-9(2,14)8(19)17-3-4-18-6(5-17)15-16-7(18)10(11,12)13/h3-5,14H2,1-2H3. The number of carbonyl (C=O) groups is 1. The van der Waals surface area contributed by atoms with Crippen LogP contribution in [0.5, 0.6) is 0 Å². The van der Waals surface area contributed by atoms with Crippen LogP contribution in [0.3, 0.4) is 0 Å². The quantitative estimate of drug-likeness (QED) is 0.805. The summed E-state index contributed by atoms with van der Waals surface area (Å²) in [7, 11) is 0. The van der Waals surface area contributed by atoms with Gasteiger partial charge < -0.3 is 15.2 Å². The fourth-order valence-corrected chi connectivity index (χ4v) is 1.95. The van der Waals surface area contributed by atoms with Crippen molar-refractivity contribution in [2.75, 3.05) is 6.54 Å². The van der Waals surface area contributed by atoms with Gasteiger partial charge in [0, 0.05) is 13.1 Å². The van der Waals surface area contributed by atoms with Gasteiger partial charge in [-0.05, 0) is 13.8 Å². The average molecular weight is 277 g/mol. The molecule has 0 radical (unpaired) electrons. The Bertz CT molecular complexity index is 502. The lowest BCUT2D eigenvalue weighted by molar-refractivity contribution is -0.148. The Balaban J connectivity index is 2.23. The maximum absolute atomic E-state index is 12.6.